The van der Waals surface area contributed by atoms with Gasteiger partial charge in [0.2, 0.25) is 0 Å². The largest absolute Gasteiger partial charge is 0.496 e. The summed E-state index contributed by atoms with van der Waals surface area (Å²) in [7, 11) is 1.64. The summed E-state index contributed by atoms with van der Waals surface area (Å²) in [6, 6.07) is 11.4. The van der Waals surface area contributed by atoms with E-state index in [1.807, 2.05) is 48.7 Å². The second-order valence-corrected chi connectivity index (χ2v) is 6.85. The van der Waals surface area contributed by atoms with Crippen LogP contribution >= 0.6 is 0 Å². The van der Waals surface area contributed by atoms with Gasteiger partial charge in [-0.15, -0.1) is 0 Å². The van der Waals surface area contributed by atoms with Crippen LogP contribution in [0.15, 0.2) is 60.4 Å². The molecule has 0 aromatic heterocycles. The summed E-state index contributed by atoms with van der Waals surface area (Å²) in [6.07, 6.45) is 5.93. The van der Waals surface area contributed by atoms with E-state index < -0.39 is 0 Å². The van der Waals surface area contributed by atoms with Gasteiger partial charge in [0, 0.05) is 23.2 Å². The summed E-state index contributed by atoms with van der Waals surface area (Å²) >= 11 is 0. The molecule has 4 rings (SSSR count). The average Bonchev–Trinajstić information content (AvgIpc) is 2.74. The fourth-order valence-electron chi connectivity index (χ4n) is 3.58. The zero-order chi connectivity index (χ0) is 19.3. The molecule has 1 unspecified atom stereocenters. The minimum Gasteiger partial charge on any atom is -0.496 e. The lowest BCUT2D eigenvalue weighted by atomic mass is 10.0. The van der Waals surface area contributed by atoms with Gasteiger partial charge in [-0.25, -0.2) is 0 Å². The van der Waals surface area contributed by atoms with Gasteiger partial charge in [0.15, 0.2) is 0 Å². The second kappa shape index (κ2) is 8.46. The number of benzene rings is 2. The summed E-state index contributed by atoms with van der Waals surface area (Å²) in [6.45, 7) is 3.24. The van der Waals surface area contributed by atoms with Crippen molar-refractivity contribution in [2.45, 2.75) is 6.10 Å². The van der Waals surface area contributed by atoms with Crippen LogP contribution in [0.5, 0.6) is 5.75 Å². The molecule has 1 fully saturated rings. The highest BCUT2D eigenvalue weighted by Gasteiger charge is 2.20. The molecular formula is C22H24N2O4. The Morgan fingerprint density at radius 2 is 2.07 bits per heavy atom. The molecule has 0 aliphatic carbocycles. The quantitative estimate of drug-likeness (QED) is 0.864. The predicted octanol–water partition coefficient (Wildman–Crippen LogP) is 2.71. The number of amides is 1. The van der Waals surface area contributed by atoms with E-state index in [1.54, 1.807) is 13.2 Å². The maximum atomic E-state index is 12.9. The number of allylic oxidation sites excluding steroid dienone is 2. The molecule has 6 nitrogen and oxygen atoms in total. The molecule has 1 saturated heterocycles. The van der Waals surface area contributed by atoms with Gasteiger partial charge in [0.25, 0.3) is 5.91 Å². The smallest absolute Gasteiger partial charge is 0.256 e. The molecule has 1 N–H and O–H groups in total. The first-order valence-electron chi connectivity index (χ1n) is 9.42. The Kier molecular flexibility index (Phi) is 5.60. The van der Waals surface area contributed by atoms with Gasteiger partial charge in [0.05, 0.1) is 39.6 Å². The molecule has 0 spiro atoms. The molecular weight excluding hydrogens is 356 g/mol. The maximum absolute atomic E-state index is 12.9. The van der Waals surface area contributed by atoms with Crippen LogP contribution in [0.3, 0.4) is 0 Å². The highest BCUT2D eigenvalue weighted by atomic mass is 16.6. The van der Waals surface area contributed by atoms with Crippen LogP contribution in [0, 0.1) is 0 Å². The molecule has 146 valence electrons. The van der Waals surface area contributed by atoms with Gasteiger partial charge in [0.1, 0.15) is 5.75 Å². The first-order valence-corrected chi connectivity index (χ1v) is 9.42. The van der Waals surface area contributed by atoms with Crippen LogP contribution < -0.4 is 10.1 Å². The Hall–Kier alpha value is -2.83. The standard InChI is InChI=1S/C22H24N2O4/c1-26-21-9-8-20(18-6-2-3-7-19(18)21)22(25)23-16-5-4-10-24(13-16)14-17-15-27-11-12-28-17/h2-10,17H,11-15H2,1H3,(H,23,25). The van der Waals surface area contributed by atoms with Crippen molar-refractivity contribution in [2.75, 3.05) is 40.0 Å². The first kappa shape index (κ1) is 18.5. The lowest BCUT2D eigenvalue weighted by molar-refractivity contribution is -0.0939. The normalized spacial score (nSPS) is 19.4. The van der Waals surface area contributed by atoms with Crippen molar-refractivity contribution in [1.29, 1.82) is 0 Å². The van der Waals surface area contributed by atoms with Crippen molar-refractivity contribution in [2.24, 2.45) is 0 Å². The molecule has 1 amide bonds. The Labute approximate surface area is 164 Å². The predicted molar refractivity (Wildman–Crippen MR) is 107 cm³/mol. The molecule has 0 radical (unpaired) electrons. The lowest BCUT2D eigenvalue weighted by Crippen LogP contribution is -2.40. The van der Waals surface area contributed by atoms with Gasteiger partial charge in [-0.05, 0) is 35.9 Å². The van der Waals surface area contributed by atoms with Crippen molar-refractivity contribution >= 4 is 16.7 Å². The molecule has 2 aromatic carbocycles. The number of methoxy groups -OCH3 is 1. The number of nitrogens with one attached hydrogen (secondary N) is 1. The first-order chi connectivity index (χ1) is 13.7. The average molecular weight is 380 g/mol. The van der Waals surface area contributed by atoms with Gasteiger partial charge < -0.3 is 24.4 Å². The van der Waals surface area contributed by atoms with Crippen LogP contribution in [-0.4, -0.2) is 56.9 Å². The van der Waals surface area contributed by atoms with Crippen LogP contribution in [0.2, 0.25) is 0 Å². The molecule has 0 bridgehead atoms. The molecule has 2 aromatic rings. The summed E-state index contributed by atoms with van der Waals surface area (Å²) in [5.74, 6) is 0.630. The summed E-state index contributed by atoms with van der Waals surface area (Å²) < 4.78 is 16.6. The zero-order valence-corrected chi connectivity index (χ0v) is 15.9. The Bertz CT molecular complexity index is 916. The topological polar surface area (TPSA) is 60.0 Å². The zero-order valence-electron chi connectivity index (χ0n) is 15.9. The fraction of sp³-hybridized carbons (Fsp3) is 0.318. The van der Waals surface area contributed by atoms with Crippen molar-refractivity contribution in [3.63, 3.8) is 0 Å². The number of hydrogen-bond donors (Lipinski definition) is 1. The molecule has 2 heterocycles. The molecule has 2 aliphatic rings. The van der Waals surface area contributed by atoms with E-state index in [0.29, 0.717) is 31.9 Å². The molecule has 28 heavy (non-hydrogen) atoms. The number of carbonyl (C=O) groups is 1. The van der Waals surface area contributed by atoms with Crippen molar-refractivity contribution in [3.8, 4) is 5.75 Å². The van der Waals surface area contributed by atoms with Crippen LogP contribution in [-0.2, 0) is 9.47 Å². The van der Waals surface area contributed by atoms with Gasteiger partial charge in [-0.1, -0.05) is 24.3 Å². The van der Waals surface area contributed by atoms with E-state index in [9.17, 15) is 4.79 Å². The summed E-state index contributed by atoms with van der Waals surface area (Å²) in [4.78, 5) is 15.1. The summed E-state index contributed by atoms with van der Waals surface area (Å²) in [5.41, 5.74) is 1.48. The Balaban J connectivity index is 1.46. The van der Waals surface area contributed by atoms with Gasteiger partial charge in [-0.3, -0.25) is 4.79 Å². The van der Waals surface area contributed by atoms with E-state index in [2.05, 4.69) is 10.2 Å². The van der Waals surface area contributed by atoms with E-state index in [1.165, 1.54) is 0 Å². The number of ether oxygens (including phenoxy) is 3. The second-order valence-electron chi connectivity index (χ2n) is 6.85. The number of hydrogen-bond acceptors (Lipinski definition) is 5. The lowest BCUT2D eigenvalue weighted by Gasteiger charge is -2.31. The highest BCUT2D eigenvalue weighted by molar-refractivity contribution is 6.09. The van der Waals surface area contributed by atoms with Crippen molar-refractivity contribution in [3.05, 3.63) is 66.0 Å². The fourth-order valence-corrected chi connectivity index (χ4v) is 3.58. The Morgan fingerprint density at radius 3 is 2.86 bits per heavy atom. The monoisotopic (exact) mass is 380 g/mol. The third-order valence-corrected chi connectivity index (χ3v) is 4.91. The molecule has 1 atom stereocenters. The van der Waals surface area contributed by atoms with Gasteiger partial charge >= 0.3 is 0 Å². The van der Waals surface area contributed by atoms with Crippen molar-refractivity contribution < 1.29 is 19.0 Å². The number of rotatable bonds is 5. The minimum absolute atomic E-state index is 0.0546. The number of fused-ring (bicyclic) bond motifs is 1. The van der Waals surface area contributed by atoms with E-state index >= 15 is 0 Å². The molecule has 2 aliphatic heterocycles. The third kappa shape index (κ3) is 4.03. The van der Waals surface area contributed by atoms with E-state index in [0.717, 1.165) is 28.8 Å². The van der Waals surface area contributed by atoms with Crippen molar-refractivity contribution in [1.82, 2.24) is 10.2 Å². The minimum atomic E-state index is -0.127. The van der Waals surface area contributed by atoms with Crippen LogP contribution in [0.4, 0.5) is 0 Å². The van der Waals surface area contributed by atoms with E-state index in [-0.39, 0.29) is 12.0 Å². The van der Waals surface area contributed by atoms with E-state index in [4.69, 9.17) is 14.2 Å². The van der Waals surface area contributed by atoms with Crippen LogP contribution in [0.25, 0.3) is 10.8 Å². The summed E-state index contributed by atoms with van der Waals surface area (Å²) in [5, 5.41) is 4.84. The maximum Gasteiger partial charge on any atom is 0.256 e. The third-order valence-electron chi connectivity index (χ3n) is 4.91. The SMILES string of the molecule is COc1ccc(C(=O)NC2=CC=CN(CC3COCCO3)C2)c2ccccc12. The molecule has 0 saturated carbocycles. The van der Waals surface area contributed by atoms with Crippen LogP contribution in [0.1, 0.15) is 10.4 Å². The number of nitrogens with zero attached hydrogens (tertiary/aromatic N) is 1. The number of carbonyl (C=O) groups excluding carboxylic acids is 1. The van der Waals surface area contributed by atoms with Gasteiger partial charge in [-0.2, -0.15) is 0 Å². The molecule has 6 heteroatoms. The highest BCUT2D eigenvalue weighted by Crippen LogP contribution is 2.28. The Morgan fingerprint density at radius 1 is 1.21 bits per heavy atom.